The van der Waals surface area contributed by atoms with E-state index >= 15 is 0 Å². The third-order valence-corrected chi connectivity index (χ3v) is 3.23. The summed E-state index contributed by atoms with van der Waals surface area (Å²) >= 11 is 0. The first-order valence-electron chi connectivity index (χ1n) is 6.17. The summed E-state index contributed by atoms with van der Waals surface area (Å²) in [6.45, 7) is 2.55. The van der Waals surface area contributed by atoms with Gasteiger partial charge in [0.2, 0.25) is 5.91 Å². The molecule has 1 atom stereocenters. The lowest BCUT2D eigenvalue weighted by molar-refractivity contribution is -0.274. The number of anilines is 1. The van der Waals surface area contributed by atoms with Gasteiger partial charge in [-0.15, -0.1) is 13.2 Å². The molecule has 1 aromatic rings. The topological polar surface area (TPSA) is 55.6 Å². The number of amides is 1. The van der Waals surface area contributed by atoms with E-state index in [1.807, 2.05) is 0 Å². The summed E-state index contributed by atoms with van der Waals surface area (Å²) in [6, 6.07) is 3.94. The highest BCUT2D eigenvalue weighted by atomic mass is 19.4. The number of hydrogen-bond acceptors (Lipinski definition) is 3. The van der Waals surface area contributed by atoms with Crippen molar-refractivity contribution in [3.63, 3.8) is 0 Å². The SMILES string of the molecule is Cc1cc(OC(F)(F)F)ccc1N1CC(CN)CC1=O. The summed E-state index contributed by atoms with van der Waals surface area (Å²) in [5.41, 5.74) is 6.70. The van der Waals surface area contributed by atoms with E-state index in [1.165, 1.54) is 18.2 Å². The third kappa shape index (κ3) is 3.22. The standard InChI is InChI=1S/C13H15F3N2O2/c1-8-4-10(20-13(14,15)16)2-3-11(8)18-7-9(6-17)5-12(18)19/h2-4,9H,5-7,17H2,1H3. The van der Waals surface area contributed by atoms with Crippen LogP contribution in [0.4, 0.5) is 18.9 Å². The van der Waals surface area contributed by atoms with Crippen molar-refractivity contribution in [3.8, 4) is 5.75 Å². The van der Waals surface area contributed by atoms with Gasteiger partial charge < -0.3 is 15.4 Å². The maximum atomic E-state index is 12.1. The van der Waals surface area contributed by atoms with Crippen LogP contribution >= 0.6 is 0 Å². The lowest BCUT2D eigenvalue weighted by Crippen LogP contribution is -2.26. The van der Waals surface area contributed by atoms with E-state index in [1.54, 1.807) is 11.8 Å². The normalized spacial score (nSPS) is 19.6. The fourth-order valence-electron chi connectivity index (χ4n) is 2.30. The van der Waals surface area contributed by atoms with E-state index in [2.05, 4.69) is 4.74 Å². The average molecular weight is 288 g/mol. The zero-order valence-electron chi connectivity index (χ0n) is 10.9. The van der Waals surface area contributed by atoms with E-state index in [9.17, 15) is 18.0 Å². The summed E-state index contributed by atoms with van der Waals surface area (Å²) in [4.78, 5) is 13.4. The highest BCUT2D eigenvalue weighted by Gasteiger charge is 2.33. The Kier molecular flexibility index (Phi) is 3.89. The number of nitrogens with zero attached hydrogens (tertiary/aromatic N) is 1. The minimum atomic E-state index is -4.72. The van der Waals surface area contributed by atoms with Crippen LogP contribution in [0.15, 0.2) is 18.2 Å². The number of halogens is 3. The number of aryl methyl sites for hydroxylation is 1. The lowest BCUT2D eigenvalue weighted by atomic mass is 10.1. The van der Waals surface area contributed by atoms with E-state index in [0.29, 0.717) is 30.8 Å². The Labute approximate surface area is 114 Å². The van der Waals surface area contributed by atoms with Crippen molar-refractivity contribution in [2.75, 3.05) is 18.0 Å². The summed E-state index contributed by atoms with van der Waals surface area (Å²) in [7, 11) is 0. The number of benzene rings is 1. The molecule has 0 bridgehead atoms. The highest BCUT2D eigenvalue weighted by Crippen LogP contribution is 2.31. The molecule has 110 valence electrons. The molecule has 1 aliphatic rings. The Morgan fingerprint density at radius 2 is 2.15 bits per heavy atom. The molecule has 1 unspecified atom stereocenters. The first-order valence-corrected chi connectivity index (χ1v) is 6.17. The van der Waals surface area contributed by atoms with Gasteiger partial charge in [0, 0.05) is 18.7 Å². The number of ether oxygens (including phenoxy) is 1. The molecule has 2 rings (SSSR count). The molecule has 0 spiro atoms. The van der Waals surface area contributed by atoms with Gasteiger partial charge in [-0.3, -0.25) is 4.79 Å². The fourth-order valence-corrected chi connectivity index (χ4v) is 2.30. The molecule has 1 heterocycles. The number of carbonyl (C=O) groups is 1. The maximum absolute atomic E-state index is 12.1. The molecular weight excluding hydrogens is 273 g/mol. The van der Waals surface area contributed by atoms with Crippen molar-refractivity contribution in [2.45, 2.75) is 19.7 Å². The first-order chi connectivity index (χ1) is 9.30. The lowest BCUT2D eigenvalue weighted by Gasteiger charge is -2.20. The quantitative estimate of drug-likeness (QED) is 0.927. The molecule has 20 heavy (non-hydrogen) atoms. The minimum absolute atomic E-state index is 0.0620. The largest absolute Gasteiger partial charge is 0.573 e. The number of carbonyl (C=O) groups excluding carboxylic acids is 1. The van der Waals surface area contributed by atoms with Gasteiger partial charge in [0.1, 0.15) is 5.75 Å². The van der Waals surface area contributed by atoms with Crippen LogP contribution in [0.2, 0.25) is 0 Å². The van der Waals surface area contributed by atoms with Crippen LogP contribution in [0.5, 0.6) is 5.75 Å². The molecule has 4 nitrogen and oxygen atoms in total. The smallest absolute Gasteiger partial charge is 0.406 e. The van der Waals surface area contributed by atoms with Gasteiger partial charge in [0.05, 0.1) is 0 Å². The van der Waals surface area contributed by atoms with Crippen LogP contribution in [0.25, 0.3) is 0 Å². The van der Waals surface area contributed by atoms with Crippen LogP contribution in [0, 0.1) is 12.8 Å². The van der Waals surface area contributed by atoms with Crippen LogP contribution < -0.4 is 15.4 Å². The van der Waals surface area contributed by atoms with Crippen molar-refractivity contribution in [1.82, 2.24) is 0 Å². The van der Waals surface area contributed by atoms with E-state index in [0.717, 1.165) is 0 Å². The summed E-state index contributed by atoms with van der Waals surface area (Å²) < 4.78 is 40.2. The van der Waals surface area contributed by atoms with Crippen molar-refractivity contribution in [1.29, 1.82) is 0 Å². The molecule has 1 fully saturated rings. The highest BCUT2D eigenvalue weighted by molar-refractivity contribution is 5.96. The molecule has 7 heteroatoms. The zero-order valence-corrected chi connectivity index (χ0v) is 10.9. The Hall–Kier alpha value is -1.76. The zero-order chi connectivity index (χ0) is 14.9. The molecule has 1 saturated heterocycles. The van der Waals surface area contributed by atoms with Crippen LogP contribution in [-0.2, 0) is 4.79 Å². The van der Waals surface area contributed by atoms with E-state index < -0.39 is 6.36 Å². The van der Waals surface area contributed by atoms with Gasteiger partial charge in [-0.1, -0.05) is 0 Å². The van der Waals surface area contributed by atoms with Gasteiger partial charge in [0.15, 0.2) is 0 Å². The Morgan fingerprint density at radius 1 is 1.45 bits per heavy atom. The van der Waals surface area contributed by atoms with Crippen molar-refractivity contribution >= 4 is 11.6 Å². The van der Waals surface area contributed by atoms with Gasteiger partial charge in [-0.05, 0) is 43.1 Å². The molecule has 0 radical (unpaired) electrons. The van der Waals surface area contributed by atoms with Crippen molar-refractivity contribution < 1.29 is 22.7 Å². The minimum Gasteiger partial charge on any atom is -0.406 e. The number of nitrogens with two attached hydrogens (primary N) is 1. The summed E-state index contributed by atoms with van der Waals surface area (Å²) in [6.07, 6.45) is -4.35. The number of rotatable bonds is 3. The van der Waals surface area contributed by atoms with Crippen LogP contribution in [0.3, 0.4) is 0 Å². The Balaban J connectivity index is 2.20. The van der Waals surface area contributed by atoms with Gasteiger partial charge in [-0.2, -0.15) is 0 Å². The maximum Gasteiger partial charge on any atom is 0.573 e. The second kappa shape index (κ2) is 5.32. The number of alkyl halides is 3. The molecule has 0 aromatic heterocycles. The van der Waals surface area contributed by atoms with Gasteiger partial charge >= 0.3 is 6.36 Å². The van der Waals surface area contributed by atoms with Gasteiger partial charge in [0.25, 0.3) is 0 Å². The second-order valence-corrected chi connectivity index (χ2v) is 4.81. The van der Waals surface area contributed by atoms with Gasteiger partial charge in [-0.25, -0.2) is 0 Å². The molecular formula is C13H15F3N2O2. The van der Waals surface area contributed by atoms with Crippen LogP contribution in [-0.4, -0.2) is 25.4 Å². The molecule has 1 aromatic carbocycles. The summed E-state index contributed by atoms with van der Waals surface area (Å²) in [5, 5.41) is 0. The predicted molar refractivity (Wildman–Crippen MR) is 67.4 cm³/mol. The molecule has 0 saturated carbocycles. The van der Waals surface area contributed by atoms with Crippen molar-refractivity contribution in [2.24, 2.45) is 11.7 Å². The predicted octanol–water partition coefficient (Wildman–Crippen LogP) is 2.21. The monoisotopic (exact) mass is 288 g/mol. The van der Waals surface area contributed by atoms with E-state index in [4.69, 9.17) is 5.73 Å². The number of hydrogen-bond donors (Lipinski definition) is 1. The molecule has 2 N–H and O–H groups in total. The fraction of sp³-hybridized carbons (Fsp3) is 0.462. The Morgan fingerprint density at radius 3 is 2.65 bits per heavy atom. The summed E-state index contributed by atoms with van der Waals surface area (Å²) in [5.74, 6) is -0.262. The molecule has 0 aliphatic carbocycles. The second-order valence-electron chi connectivity index (χ2n) is 4.81. The molecule has 1 amide bonds. The van der Waals surface area contributed by atoms with Crippen LogP contribution in [0.1, 0.15) is 12.0 Å². The van der Waals surface area contributed by atoms with E-state index in [-0.39, 0.29) is 17.6 Å². The van der Waals surface area contributed by atoms with Crippen molar-refractivity contribution in [3.05, 3.63) is 23.8 Å². The molecule has 1 aliphatic heterocycles. The third-order valence-electron chi connectivity index (χ3n) is 3.23. The average Bonchev–Trinajstić information content (AvgIpc) is 2.69. The Bertz CT molecular complexity index is 517. The first kappa shape index (κ1) is 14.6.